The Balaban J connectivity index is 2.23. The van der Waals surface area contributed by atoms with Crippen molar-refractivity contribution in [3.8, 4) is 0 Å². The zero-order chi connectivity index (χ0) is 11.8. The molecule has 1 aliphatic rings. The van der Waals surface area contributed by atoms with Crippen LogP contribution in [-0.4, -0.2) is 23.0 Å². The topological polar surface area (TPSA) is 15.6 Å². The maximum Gasteiger partial charge on any atom is 0.416 e. The number of hydrazone groups is 1. The number of rotatable bonds is 1. The summed E-state index contributed by atoms with van der Waals surface area (Å²) in [7, 11) is 1.82. The van der Waals surface area contributed by atoms with E-state index in [1.165, 1.54) is 23.9 Å². The average Bonchev–Trinajstić information content (AvgIpc) is 2.64. The van der Waals surface area contributed by atoms with E-state index in [-0.39, 0.29) is 0 Å². The van der Waals surface area contributed by atoms with Gasteiger partial charge in [0.15, 0.2) is 0 Å². The van der Waals surface area contributed by atoms with Crippen molar-refractivity contribution in [2.45, 2.75) is 6.18 Å². The Hall–Kier alpha value is -1.17. The molecule has 0 bridgehead atoms. The molecule has 6 heteroatoms. The number of hydrogen-bond acceptors (Lipinski definition) is 3. The standard InChI is InChI=1S/C10H9F3N2S/c1-15-6-16-9(14-15)7-2-4-8(5-3-7)10(11,12)13/h2-5H,6H2,1H3. The fraction of sp³-hybridized carbons (Fsp3) is 0.300. The van der Waals surface area contributed by atoms with Gasteiger partial charge in [0, 0.05) is 12.6 Å². The maximum absolute atomic E-state index is 12.3. The largest absolute Gasteiger partial charge is 0.416 e. The molecule has 2 nitrogen and oxygen atoms in total. The molecule has 1 aromatic rings. The summed E-state index contributed by atoms with van der Waals surface area (Å²) in [6.07, 6.45) is -4.28. The fourth-order valence-electron chi connectivity index (χ4n) is 1.31. The van der Waals surface area contributed by atoms with E-state index in [2.05, 4.69) is 5.10 Å². The molecule has 0 unspecified atom stereocenters. The van der Waals surface area contributed by atoms with Crippen LogP contribution in [0.3, 0.4) is 0 Å². The van der Waals surface area contributed by atoms with Gasteiger partial charge in [-0.05, 0) is 12.1 Å². The van der Waals surface area contributed by atoms with E-state index in [0.717, 1.165) is 28.6 Å². The third-order valence-electron chi connectivity index (χ3n) is 2.11. The molecule has 2 rings (SSSR count). The van der Waals surface area contributed by atoms with Crippen molar-refractivity contribution >= 4 is 16.8 Å². The third kappa shape index (κ3) is 2.32. The Labute approximate surface area is 95.1 Å². The first-order chi connectivity index (χ1) is 7.47. The lowest BCUT2D eigenvalue weighted by Gasteiger charge is -2.06. The molecule has 86 valence electrons. The summed E-state index contributed by atoms with van der Waals surface area (Å²) < 4.78 is 36.9. The van der Waals surface area contributed by atoms with Gasteiger partial charge in [0.05, 0.1) is 11.4 Å². The van der Waals surface area contributed by atoms with Crippen molar-refractivity contribution < 1.29 is 13.2 Å². The van der Waals surface area contributed by atoms with Crippen molar-refractivity contribution in [3.63, 3.8) is 0 Å². The number of halogens is 3. The van der Waals surface area contributed by atoms with Crippen LogP contribution in [0.2, 0.25) is 0 Å². The smallest absolute Gasteiger partial charge is 0.289 e. The molecule has 1 aliphatic heterocycles. The summed E-state index contributed by atoms with van der Waals surface area (Å²) in [4.78, 5) is 0. The number of hydrogen-bond donors (Lipinski definition) is 0. The van der Waals surface area contributed by atoms with Crippen molar-refractivity contribution in [2.75, 3.05) is 12.9 Å². The highest BCUT2D eigenvalue weighted by atomic mass is 32.2. The van der Waals surface area contributed by atoms with Crippen LogP contribution in [-0.2, 0) is 6.18 Å². The number of thioether (sulfide) groups is 1. The van der Waals surface area contributed by atoms with E-state index < -0.39 is 11.7 Å². The normalized spacial score (nSPS) is 16.5. The summed E-state index contributed by atoms with van der Waals surface area (Å²) in [6.45, 7) is 0. The molecule has 0 atom stereocenters. The molecule has 1 aromatic carbocycles. The molecule has 1 heterocycles. The monoisotopic (exact) mass is 246 g/mol. The van der Waals surface area contributed by atoms with E-state index in [1.807, 2.05) is 7.05 Å². The Morgan fingerprint density at radius 3 is 2.31 bits per heavy atom. The second kappa shape index (κ2) is 4.01. The van der Waals surface area contributed by atoms with Gasteiger partial charge in [-0.25, -0.2) is 0 Å². The second-order valence-corrected chi connectivity index (χ2v) is 4.34. The quantitative estimate of drug-likeness (QED) is 0.757. The second-order valence-electron chi connectivity index (χ2n) is 3.41. The predicted octanol–water partition coefficient (Wildman–Crippen LogP) is 3.00. The molecule has 0 saturated carbocycles. The molecular formula is C10H9F3N2S. The minimum Gasteiger partial charge on any atom is -0.289 e. The molecule has 0 N–H and O–H groups in total. The van der Waals surface area contributed by atoms with Crippen molar-refractivity contribution in [1.82, 2.24) is 5.01 Å². The lowest BCUT2D eigenvalue weighted by atomic mass is 10.1. The Kier molecular flexibility index (Phi) is 2.84. The summed E-state index contributed by atoms with van der Waals surface area (Å²) in [6, 6.07) is 5.06. The van der Waals surface area contributed by atoms with E-state index in [0.29, 0.717) is 0 Å². The molecule has 0 radical (unpaired) electrons. The SMILES string of the molecule is CN1CSC(c2ccc(C(F)(F)F)cc2)=N1. The van der Waals surface area contributed by atoms with Gasteiger partial charge in [-0.3, -0.25) is 5.01 Å². The first-order valence-corrected chi connectivity index (χ1v) is 5.55. The third-order valence-corrected chi connectivity index (χ3v) is 3.20. The minimum atomic E-state index is -4.28. The van der Waals surface area contributed by atoms with Gasteiger partial charge >= 0.3 is 6.18 Å². The van der Waals surface area contributed by atoms with Gasteiger partial charge in [-0.15, -0.1) is 0 Å². The zero-order valence-corrected chi connectivity index (χ0v) is 9.27. The van der Waals surface area contributed by atoms with E-state index in [4.69, 9.17) is 0 Å². The lowest BCUT2D eigenvalue weighted by molar-refractivity contribution is -0.137. The zero-order valence-electron chi connectivity index (χ0n) is 8.45. The molecule has 0 saturated heterocycles. The first kappa shape index (κ1) is 11.3. The molecule has 0 aromatic heterocycles. The maximum atomic E-state index is 12.3. The molecule has 0 amide bonds. The van der Waals surface area contributed by atoms with Gasteiger partial charge in [-0.2, -0.15) is 18.3 Å². The number of alkyl halides is 3. The minimum absolute atomic E-state index is 0.631. The number of nitrogens with zero attached hydrogens (tertiary/aromatic N) is 2. The van der Waals surface area contributed by atoms with Gasteiger partial charge in [0.25, 0.3) is 0 Å². The molecule has 16 heavy (non-hydrogen) atoms. The Morgan fingerprint density at radius 2 is 1.88 bits per heavy atom. The highest BCUT2D eigenvalue weighted by Crippen LogP contribution is 2.30. The number of benzene rings is 1. The highest BCUT2D eigenvalue weighted by molar-refractivity contribution is 8.14. The van der Waals surface area contributed by atoms with Crippen LogP contribution in [0.5, 0.6) is 0 Å². The van der Waals surface area contributed by atoms with Crippen molar-refractivity contribution in [1.29, 1.82) is 0 Å². The van der Waals surface area contributed by atoms with Gasteiger partial charge < -0.3 is 0 Å². The van der Waals surface area contributed by atoms with Crippen LogP contribution in [0.4, 0.5) is 13.2 Å². The van der Waals surface area contributed by atoms with Crippen LogP contribution in [0, 0.1) is 0 Å². The van der Waals surface area contributed by atoms with Gasteiger partial charge in [0.2, 0.25) is 0 Å². The van der Waals surface area contributed by atoms with Crippen LogP contribution in [0.25, 0.3) is 0 Å². The summed E-state index contributed by atoms with van der Waals surface area (Å²) >= 11 is 1.51. The highest BCUT2D eigenvalue weighted by Gasteiger charge is 2.30. The van der Waals surface area contributed by atoms with Crippen LogP contribution in [0.15, 0.2) is 29.4 Å². The lowest BCUT2D eigenvalue weighted by Crippen LogP contribution is -2.05. The molecular weight excluding hydrogens is 237 g/mol. The summed E-state index contributed by atoms with van der Waals surface area (Å²) in [5, 5.41) is 6.69. The van der Waals surface area contributed by atoms with Crippen LogP contribution < -0.4 is 0 Å². The van der Waals surface area contributed by atoms with E-state index in [9.17, 15) is 13.2 Å². The molecule has 0 fully saturated rings. The molecule has 0 spiro atoms. The summed E-state index contributed by atoms with van der Waals surface area (Å²) in [5.74, 6) is 0.732. The van der Waals surface area contributed by atoms with Crippen molar-refractivity contribution in [2.24, 2.45) is 5.10 Å². The predicted molar refractivity (Wildman–Crippen MR) is 58.2 cm³/mol. The van der Waals surface area contributed by atoms with Crippen LogP contribution in [0.1, 0.15) is 11.1 Å². The Morgan fingerprint density at radius 1 is 1.25 bits per heavy atom. The first-order valence-electron chi connectivity index (χ1n) is 4.57. The Bertz CT molecular complexity index is 411. The molecule has 0 aliphatic carbocycles. The van der Waals surface area contributed by atoms with E-state index in [1.54, 1.807) is 5.01 Å². The van der Waals surface area contributed by atoms with Crippen molar-refractivity contribution in [3.05, 3.63) is 35.4 Å². The van der Waals surface area contributed by atoms with E-state index >= 15 is 0 Å². The van der Waals surface area contributed by atoms with Crippen LogP contribution >= 0.6 is 11.8 Å². The average molecular weight is 246 g/mol. The van der Waals surface area contributed by atoms with Gasteiger partial charge in [-0.1, -0.05) is 23.9 Å². The fourth-order valence-corrected chi connectivity index (χ4v) is 2.18. The summed E-state index contributed by atoms with van der Waals surface area (Å²) in [5.41, 5.74) is 0.0931. The van der Waals surface area contributed by atoms with Gasteiger partial charge in [0.1, 0.15) is 5.04 Å².